The first kappa shape index (κ1) is 13.8. The summed E-state index contributed by atoms with van der Waals surface area (Å²) < 4.78 is 16.7. The van der Waals surface area contributed by atoms with Crippen molar-refractivity contribution in [3.05, 3.63) is 54.1 Å². The van der Waals surface area contributed by atoms with Crippen LogP contribution in [0.25, 0.3) is 11.1 Å². The molecule has 3 atom stereocenters. The first-order chi connectivity index (χ1) is 10.8. The fourth-order valence-corrected chi connectivity index (χ4v) is 3.17. The van der Waals surface area contributed by atoms with Crippen molar-refractivity contribution in [3.63, 3.8) is 0 Å². The van der Waals surface area contributed by atoms with Crippen LogP contribution < -0.4 is 4.74 Å². The van der Waals surface area contributed by atoms with Crippen LogP contribution in [0.1, 0.15) is 18.4 Å². The molecule has 1 aliphatic carbocycles. The summed E-state index contributed by atoms with van der Waals surface area (Å²) in [6.45, 7) is 0.667. The average molecular weight is 296 g/mol. The Balaban J connectivity index is 1.39. The maximum Gasteiger partial charge on any atom is 0.118 e. The normalized spacial score (nSPS) is 25.8. The van der Waals surface area contributed by atoms with Crippen molar-refractivity contribution < 1.29 is 14.2 Å². The summed E-state index contributed by atoms with van der Waals surface area (Å²) in [6, 6.07) is 16.7. The van der Waals surface area contributed by atoms with Crippen LogP contribution in [-0.4, -0.2) is 25.4 Å². The molecule has 22 heavy (non-hydrogen) atoms. The third-order valence-corrected chi connectivity index (χ3v) is 4.57. The van der Waals surface area contributed by atoms with E-state index in [1.807, 2.05) is 12.1 Å². The van der Waals surface area contributed by atoms with E-state index in [1.165, 1.54) is 16.7 Å². The summed E-state index contributed by atoms with van der Waals surface area (Å²) in [7, 11) is 1.68. The van der Waals surface area contributed by atoms with Crippen molar-refractivity contribution in [1.82, 2.24) is 0 Å². The molecule has 1 aliphatic heterocycles. The molecule has 3 nitrogen and oxygen atoms in total. The molecule has 4 rings (SSSR count). The lowest BCUT2D eigenvalue weighted by Gasteiger charge is -2.12. The van der Waals surface area contributed by atoms with Crippen LogP contribution in [-0.2, 0) is 16.1 Å². The standard InChI is InChI=1S/C19H20O3/c1-20-16-8-6-15(7-9-16)14-4-2-13(3-5-14)12-21-17-10-11-18-19(17)22-18/h2-9,17-19H,10-12H2,1H3/t17-,18+,19-/m0/s1. The summed E-state index contributed by atoms with van der Waals surface area (Å²) in [5.41, 5.74) is 3.61. The summed E-state index contributed by atoms with van der Waals surface area (Å²) in [6.07, 6.45) is 3.46. The topological polar surface area (TPSA) is 31.0 Å². The van der Waals surface area contributed by atoms with Crippen molar-refractivity contribution in [2.24, 2.45) is 0 Å². The predicted octanol–water partition coefficient (Wildman–Crippen LogP) is 3.81. The highest BCUT2D eigenvalue weighted by Gasteiger charge is 2.50. The second-order valence-corrected chi connectivity index (χ2v) is 5.99. The van der Waals surface area contributed by atoms with Crippen LogP contribution in [0, 0.1) is 0 Å². The minimum Gasteiger partial charge on any atom is -0.497 e. The van der Waals surface area contributed by atoms with Crippen LogP contribution >= 0.6 is 0 Å². The summed E-state index contributed by atoms with van der Waals surface area (Å²) >= 11 is 0. The summed E-state index contributed by atoms with van der Waals surface area (Å²) in [5, 5.41) is 0. The monoisotopic (exact) mass is 296 g/mol. The minimum atomic E-state index is 0.297. The Morgan fingerprint density at radius 3 is 2.18 bits per heavy atom. The van der Waals surface area contributed by atoms with Gasteiger partial charge in [0.2, 0.25) is 0 Å². The van der Waals surface area contributed by atoms with E-state index in [9.17, 15) is 0 Å². The zero-order chi connectivity index (χ0) is 14.9. The molecule has 3 heteroatoms. The van der Waals surface area contributed by atoms with Crippen LogP contribution in [0.3, 0.4) is 0 Å². The van der Waals surface area contributed by atoms with E-state index in [1.54, 1.807) is 7.11 Å². The molecule has 0 unspecified atom stereocenters. The lowest BCUT2D eigenvalue weighted by atomic mass is 10.0. The summed E-state index contributed by atoms with van der Waals surface area (Å²) in [4.78, 5) is 0. The molecular formula is C19H20O3. The van der Waals surface area contributed by atoms with Gasteiger partial charge in [-0.25, -0.2) is 0 Å². The van der Waals surface area contributed by atoms with Crippen molar-refractivity contribution in [2.45, 2.75) is 37.8 Å². The summed E-state index contributed by atoms with van der Waals surface area (Å²) in [5.74, 6) is 0.880. The molecule has 2 fully saturated rings. The number of rotatable bonds is 5. The van der Waals surface area contributed by atoms with E-state index in [4.69, 9.17) is 14.2 Å². The maximum atomic E-state index is 5.98. The predicted molar refractivity (Wildman–Crippen MR) is 84.9 cm³/mol. The Morgan fingerprint density at radius 1 is 0.955 bits per heavy atom. The number of epoxide rings is 1. The second-order valence-electron chi connectivity index (χ2n) is 5.99. The number of methoxy groups -OCH3 is 1. The number of benzene rings is 2. The van der Waals surface area contributed by atoms with E-state index in [2.05, 4.69) is 36.4 Å². The van der Waals surface area contributed by atoms with E-state index in [-0.39, 0.29) is 0 Å². The Morgan fingerprint density at radius 2 is 1.64 bits per heavy atom. The number of fused-ring (bicyclic) bond motifs is 1. The Bertz CT molecular complexity index is 633. The van der Waals surface area contributed by atoms with Gasteiger partial charge in [-0.15, -0.1) is 0 Å². The number of hydrogen-bond donors (Lipinski definition) is 0. The Labute approximate surface area is 130 Å². The molecule has 0 amide bonds. The van der Waals surface area contributed by atoms with Crippen LogP contribution in [0.4, 0.5) is 0 Å². The highest BCUT2D eigenvalue weighted by molar-refractivity contribution is 5.64. The molecule has 114 valence electrons. The lowest BCUT2D eigenvalue weighted by Crippen LogP contribution is -2.15. The Kier molecular flexibility index (Phi) is 3.60. The van der Waals surface area contributed by atoms with Crippen molar-refractivity contribution >= 4 is 0 Å². The SMILES string of the molecule is COc1ccc(-c2ccc(CO[C@H]3CC[C@H]4O[C@@H]34)cc2)cc1. The van der Waals surface area contributed by atoms with Gasteiger partial charge in [-0.05, 0) is 41.7 Å². The van der Waals surface area contributed by atoms with E-state index in [0.717, 1.165) is 18.6 Å². The van der Waals surface area contributed by atoms with Gasteiger partial charge in [-0.1, -0.05) is 36.4 Å². The van der Waals surface area contributed by atoms with Gasteiger partial charge in [0.05, 0.1) is 25.9 Å². The fourth-order valence-electron chi connectivity index (χ4n) is 3.17. The molecular weight excluding hydrogens is 276 g/mol. The van der Waals surface area contributed by atoms with Crippen molar-refractivity contribution in [1.29, 1.82) is 0 Å². The molecule has 2 aliphatic rings. The Hall–Kier alpha value is -1.84. The maximum absolute atomic E-state index is 5.98. The zero-order valence-electron chi connectivity index (χ0n) is 12.7. The first-order valence-corrected chi connectivity index (χ1v) is 7.84. The molecule has 0 N–H and O–H groups in total. The molecule has 1 heterocycles. The zero-order valence-corrected chi connectivity index (χ0v) is 12.7. The van der Waals surface area contributed by atoms with Gasteiger partial charge in [0, 0.05) is 0 Å². The third kappa shape index (κ3) is 2.74. The van der Waals surface area contributed by atoms with Gasteiger partial charge in [-0.3, -0.25) is 0 Å². The lowest BCUT2D eigenvalue weighted by molar-refractivity contribution is 0.0160. The smallest absolute Gasteiger partial charge is 0.118 e. The number of hydrogen-bond acceptors (Lipinski definition) is 3. The van der Waals surface area contributed by atoms with Crippen molar-refractivity contribution in [2.75, 3.05) is 7.11 Å². The van der Waals surface area contributed by atoms with E-state index < -0.39 is 0 Å². The van der Waals surface area contributed by atoms with Gasteiger partial charge >= 0.3 is 0 Å². The van der Waals surface area contributed by atoms with E-state index >= 15 is 0 Å². The fraction of sp³-hybridized carbons (Fsp3) is 0.368. The highest BCUT2D eigenvalue weighted by Crippen LogP contribution is 2.40. The molecule has 2 aromatic carbocycles. The van der Waals surface area contributed by atoms with E-state index in [0.29, 0.717) is 24.9 Å². The molecule has 0 aromatic heterocycles. The van der Waals surface area contributed by atoms with Gasteiger partial charge in [0.15, 0.2) is 0 Å². The minimum absolute atomic E-state index is 0.297. The first-order valence-electron chi connectivity index (χ1n) is 7.84. The largest absolute Gasteiger partial charge is 0.497 e. The van der Waals surface area contributed by atoms with Crippen molar-refractivity contribution in [3.8, 4) is 16.9 Å². The molecule has 1 saturated carbocycles. The quantitative estimate of drug-likeness (QED) is 0.786. The van der Waals surface area contributed by atoms with Gasteiger partial charge < -0.3 is 14.2 Å². The van der Waals surface area contributed by atoms with Gasteiger partial charge in [-0.2, -0.15) is 0 Å². The van der Waals surface area contributed by atoms with Crippen LogP contribution in [0.2, 0.25) is 0 Å². The van der Waals surface area contributed by atoms with Crippen LogP contribution in [0.5, 0.6) is 5.75 Å². The van der Waals surface area contributed by atoms with Crippen LogP contribution in [0.15, 0.2) is 48.5 Å². The molecule has 2 aromatic rings. The van der Waals surface area contributed by atoms with Gasteiger partial charge in [0.1, 0.15) is 11.9 Å². The van der Waals surface area contributed by atoms with Gasteiger partial charge in [0.25, 0.3) is 0 Å². The molecule has 0 bridgehead atoms. The molecule has 0 radical (unpaired) electrons. The average Bonchev–Trinajstić information content (AvgIpc) is 3.26. The number of ether oxygens (including phenoxy) is 3. The third-order valence-electron chi connectivity index (χ3n) is 4.57. The molecule has 0 spiro atoms. The highest BCUT2D eigenvalue weighted by atomic mass is 16.6. The molecule has 1 saturated heterocycles. The second kappa shape index (κ2) is 5.75.